The molecule has 3 nitrogen and oxygen atoms in total. The van der Waals surface area contributed by atoms with Gasteiger partial charge in [0, 0.05) is 17.5 Å². The van der Waals surface area contributed by atoms with Crippen molar-refractivity contribution in [2.75, 3.05) is 14.1 Å². The maximum Gasteiger partial charge on any atom is 0.175 e. The molecule has 2 rings (SSSR count). The molecule has 0 saturated heterocycles. The smallest absolute Gasteiger partial charge is 0.175 e. The molecule has 0 radical (unpaired) electrons. The zero-order valence-electron chi connectivity index (χ0n) is 8.32. The van der Waals surface area contributed by atoms with Crippen molar-refractivity contribution in [1.82, 2.24) is 4.90 Å². The number of benzene rings is 1. The summed E-state index contributed by atoms with van der Waals surface area (Å²) in [6.07, 6.45) is 1.70. The Morgan fingerprint density at radius 2 is 2.14 bits per heavy atom. The van der Waals surface area contributed by atoms with Crippen LogP contribution in [-0.4, -0.2) is 24.1 Å². The molecule has 14 heavy (non-hydrogen) atoms. The molecule has 0 spiro atoms. The SMILES string of the molecule is CN(C)Cc1coc2c(O)cccc12. The third-order valence-electron chi connectivity index (χ3n) is 2.15. The average molecular weight is 191 g/mol. The van der Waals surface area contributed by atoms with E-state index in [0.29, 0.717) is 5.58 Å². The van der Waals surface area contributed by atoms with Crippen molar-refractivity contribution in [3.05, 3.63) is 30.0 Å². The average Bonchev–Trinajstić information content (AvgIpc) is 2.49. The second kappa shape index (κ2) is 3.35. The lowest BCUT2D eigenvalue weighted by molar-refractivity contribution is 0.401. The Morgan fingerprint density at radius 3 is 2.86 bits per heavy atom. The zero-order valence-corrected chi connectivity index (χ0v) is 8.32. The molecule has 1 aromatic heterocycles. The summed E-state index contributed by atoms with van der Waals surface area (Å²) in [4.78, 5) is 2.06. The van der Waals surface area contributed by atoms with Gasteiger partial charge in [0.1, 0.15) is 0 Å². The van der Waals surface area contributed by atoms with Crippen molar-refractivity contribution in [3.63, 3.8) is 0 Å². The van der Waals surface area contributed by atoms with Gasteiger partial charge in [-0.05, 0) is 20.2 Å². The fourth-order valence-electron chi connectivity index (χ4n) is 1.56. The van der Waals surface area contributed by atoms with Crippen LogP contribution >= 0.6 is 0 Å². The highest BCUT2D eigenvalue weighted by molar-refractivity contribution is 5.85. The van der Waals surface area contributed by atoms with E-state index in [2.05, 4.69) is 4.90 Å². The number of phenols is 1. The molecule has 74 valence electrons. The van der Waals surface area contributed by atoms with Gasteiger partial charge in [-0.15, -0.1) is 0 Å². The van der Waals surface area contributed by atoms with Crippen molar-refractivity contribution in [3.8, 4) is 5.75 Å². The Bertz CT molecular complexity index is 445. The first kappa shape index (κ1) is 9.09. The van der Waals surface area contributed by atoms with Gasteiger partial charge in [0.2, 0.25) is 0 Å². The van der Waals surface area contributed by atoms with Gasteiger partial charge >= 0.3 is 0 Å². The van der Waals surface area contributed by atoms with E-state index in [1.807, 2.05) is 26.2 Å². The molecule has 1 aromatic carbocycles. The number of phenolic OH excluding ortho intramolecular Hbond substituents is 1. The molecular formula is C11H13NO2. The summed E-state index contributed by atoms with van der Waals surface area (Å²) < 4.78 is 5.30. The van der Waals surface area contributed by atoms with E-state index in [4.69, 9.17) is 4.42 Å². The van der Waals surface area contributed by atoms with Crippen molar-refractivity contribution >= 4 is 11.0 Å². The number of nitrogens with zero attached hydrogens (tertiary/aromatic N) is 1. The number of hydrogen-bond donors (Lipinski definition) is 1. The summed E-state index contributed by atoms with van der Waals surface area (Å²) in [5.74, 6) is 0.201. The van der Waals surface area contributed by atoms with Crippen LogP contribution in [0.2, 0.25) is 0 Å². The normalized spacial score (nSPS) is 11.4. The lowest BCUT2D eigenvalue weighted by atomic mass is 10.1. The van der Waals surface area contributed by atoms with Gasteiger partial charge in [-0.2, -0.15) is 0 Å². The van der Waals surface area contributed by atoms with E-state index >= 15 is 0 Å². The maximum atomic E-state index is 9.51. The van der Waals surface area contributed by atoms with E-state index in [1.54, 1.807) is 12.3 Å². The molecule has 0 atom stereocenters. The highest BCUT2D eigenvalue weighted by Crippen LogP contribution is 2.28. The molecule has 1 heterocycles. The summed E-state index contributed by atoms with van der Waals surface area (Å²) in [6.45, 7) is 0.816. The van der Waals surface area contributed by atoms with Crippen LogP contribution in [0.1, 0.15) is 5.56 Å². The molecule has 0 aliphatic heterocycles. The molecule has 0 bridgehead atoms. The van der Waals surface area contributed by atoms with Gasteiger partial charge in [0.05, 0.1) is 6.26 Å². The highest BCUT2D eigenvalue weighted by Gasteiger charge is 2.08. The second-order valence-corrected chi connectivity index (χ2v) is 3.65. The number of fused-ring (bicyclic) bond motifs is 1. The first-order chi connectivity index (χ1) is 6.68. The van der Waals surface area contributed by atoms with Crippen molar-refractivity contribution < 1.29 is 9.52 Å². The van der Waals surface area contributed by atoms with Crippen LogP contribution in [0.15, 0.2) is 28.9 Å². The number of hydrogen-bond acceptors (Lipinski definition) is 3. The predicted molar refractivity (Wildman–Crippen MR) is 55.3 cm³/mol. The minimum atomic E-state index is 0.201. The maximum absolute atomic E-state index is 9.51. The number of para-hydroxylation sites is 1. The summed E-state index contributed by atoms with van der Waals surface area (Å²) in [5, 5.41) is 10.5. The summed E-state index contributed by atoms with van der Waals surface area (Å²) in [5.41, 5.74) is 1.67. The third-order valence-corrected chi connectivity index (χ3v) is 2.15. The van der Waals surface area contributed by atoms with Crippen molar-refractivity contribution in [2.24, 2.45) is 0 Å². The van der Waals surface area contributed by atoms with Crippen LogP contribution in [0, 0.1) is 0 Å². The van der Waals surface area contributed by atoms with E-state index in [1.165, 1.54) is 0 Å². The minimum Gasteiger partial charge on any atom is -0.504 e. The monoisotopic (exact) mass is 191 g/mol. The molecule has 0 saturated carbocycles. The van der Waals surface area contributed by atoms with E-state index in [0.717, 1.165) is 17.5 Å². The molecular weight excluding hydrogens is 178 g/mol. The van der Waals surface area contributed by atoms with Gasteiger partial charge in [-0.3, -0.25) is 0 Å². The largest absolute Gasteiger partial charge is 0.504 e. The van der Waals surface area contributed by atoms with Crippen LogP contribution in [0.25, 0.3) is 11.0 Å². The van der Waals surface area contributed by atoms with Crippen LogP contribution in [0.4, 0.5) is 0 Å². The number of furan rings is 1. The van der Waals surface area contributed by atoms with Crippen LogP contribution in [-0.2, 0) is 6.54 Å². The molecule has 0 aliphatic rings. The molecule has 0 fully saturated rings. The lowest BCUT2D eigenvalue weighted by Gasteiger charge is -2.06. The summed E-state index contributed by atoms with van der Waals surface area (Å²) >= 11 is 0. The van der Waals surface area contributed by atoms with Crippen LogP contribution in [0.3, 0.4) is 0 Å². The fourth-order valence-corrected chi connectivity index (χ4v) is 1.56. The van der Waals surface area contributed by atoms with Crippen LogP contribution < -0.4 is 0 Å². The van der Waals surface area contributed by atoms with Gasteiger partial charge < -0.3 is 14.4 Å². The Labute approximate surface area is 82.6 Å². The molecule has 2 aromatic rings. The third kappa shape index (κ3) is 1.46. The summed E-state index contributed by atoms with van der Waals surface area (Å²) in [7, 11) is 4.00. The summed E-state index contributed by atoms with van der Waals surface area (Å²) in [6, 6.07) is 5.41. The lowest BCUT2D eigenvalue weighted by Crippen LogP contribution is -2.09. The Morgan fingerprint density at radius 1 is 1.36 bits per heavy atom. The highest BCUT2D eigenvalue weighted by atomic mass is 16.3. The minimum absolute atomic E-state index is 0.201. The molecule has 0 amide bonds. The Kier molecular flexibility index (Phi) is 2.17. The molecule has 1 N–H and O–H groups in total. The fraction of sp³-hybridized carbons (Fsp3) is 0.273. The first-order valence-electron chi connectivity index (χ1n) is 4.51. The van der Waals surface area contributed by atoms with E-state index < -0.39 is 0 Å². The van der Waals surface area contributed by atoms with Gasteiger partial charge in [-0.25, -0.2) is 0 Å². The van der Waals surface area contributed by atoms with E-state index in [-0.39, 0.29) is 5.75 Å². The van der Waals surface area contributed by atoms with Crippen molar-refractivity contribution in [2.45, 2.75) is 6.54 Å². The van der Waals surface area contributed by atoms with Crippen molar-refractivity contribution in [1.29, 1.82) is 0 Å². The van der Waals surface area contributed by atoms with Crippen LogP contribution in [0.5, 0.6) is 5.75 Å². The second-order valence-electron chi connectivity index (χ2n) is 3.65. The quantitative estimate of drug-likeness (QED) is 0.790. The topological polar surface area (TPSA) is 36.6 Å². The van der Waals surface area contributed by atoms with Gasteiger partial charge in [0.15, 0.2) is 11.3 Å². The van der Waals surface area contributed by atoms with Gasteiger partial charge in [-0.1, -0.05) is 12.1 Å². The van der Waals surface area contributed by atoms with Gasteiger partial charge in [0.25, 0.3) is 0 Å². The molecule has 0 aliphatic carbocycles. The number of rotatable bonds is 2. The first-order valence-corrected chi connectivity index (χ1v) is 4.51. The zero-order chi connectivity index (χ0) is 10.1. The standard InChI is InChI=1S/C11H13NO2/c1-12(2)6-8-7-14-11-9(8)4-3-5-10(11)13/h3-5,7,13H,6H2,1-2H3. The molecule has 0 unspecified atom stereocenters. The van der Waals surface area contributed by atoms with E-state index in [9.17, 15) is 5.11 Å². The number of aromatic hydroxyl groups is 1. The molecule has 3 heteroatoms. The Hall–Kier alpha value is -1.48. The predicted octanol–water partition coefficient (Wildman–Crippen LogP) is 2.20. The Balaban J connectivity index is 2.52.